The van der Waals surface area contributed by atoms with Gasteiger partial charge in [-0.05, 0) is 26.9 Å². The number of halogens is 1. The van der Waals surface area contributed by atoms with Crippen molar-refractivity contribution in [3.05, 3.63) is 27.4 Å². The molecule has 0 atom stereocenters. The summed E-state index contributed by atoms with van der Waals surface area (Å²) in [6.45, 7) is 1.81. The molecule has 0 radical (unpaired) electrons. The molecule has 0 unspecified atom stereocenters. The number of hydrogen-bond donors (Lipinski definition) is 1. The molecular weight excluding hydrogens is 292 g/mol. The third-order valence-electron chi connectivity index (χ3n) is 3.98. The number of nitro groups is 1. The van der Waals surface area contributed by atoms with E-state index in [0.29, 0.717) is 10.8 Å². The number of rotatable bonds is 6. The molecule has 1 N–H and O–H groups in total. The number of nitrogens with zero attached hydrogens (tertiary/aromatic N) is 3. The van der Waals surface area contributed by atoms with Crippen LogP contribution in [0.3, 0.4) is 0 Å². The monoisotopic (exact) mass is 312 g/mol. The summed E-state index contributed by atoms with van der Waals surface area (Å²) in [4.78, 5) is 16.5. The van der Waals surface area contributed by atoms with Gasteiger partial charge in [0.25, 0.3) is 5.69 Å². The SMILES string of the molecule is CN(C)CC1(CNc2ncc([N+](=O)[O-])cc2Cl)CCCC1. The van der Waals surface area contributed by atoms with Crippen molar-refractivity contribution in [2.45, 2.75) is 25.7 Å². The van der Waals surface area contributed by atoms with Crippen LogP contribution in [0, 0.1) is 15.5 Å². The molecule has 116 valence electrons. The first-order valence-corrected chi connectivity index (χ1v) is 7.48. The summed E-state index contributed by atoms with van der Waals surface area (Å²) >= 11 is 6.07. The van der Waals surface area contributed by atoms with Gasteiger partial charge in [-0.15, -0.1) is 0 Å². The lowest BCUT2D eigenvalue weighted by Crippen LogP contribution is -2.37. The van der Waals surface area contributed by atoms with E-state index in [-0.39, 0.29) is 11.1 Å². The molecule has 1 aromatic heterocycles. The highest BCUT2D eigenvalue weighted by atomic mass is 35.5. The van der Waals surface area contributed by atoms with E-state index in [1.165, 1.54) is 37.9 Å². The maximum Gasteiger partial charge on any atom is 0.289 e. The lowest BCUT2D eigenvalue weighted by molar-refractivity contribution is -0.385. The molecule has 1 aliphatic rings. The van der Waals surface area contributed by atoms with E-state index in [0.717, 1.165) is 13.1 Å². The average molecular weight is 313 g/mol. The summed E-state index contributed by atoms with van der Waals surface area (Å²) in [6.07, 6.45) is 6.10. The van der Waals surface area contributed by atoms with Crippen molar-refractivity contribution in [1.82, 2.24) is 9.88 Å². The second-order valence-electron chi connectivity index (χ2n) is 6.08. The zero-order valence-electron chi connectivity index (χ0n) is 12.4. The van der Waals surface area contributed by atoms with Crippen LogP contribution in [-0.4, -0.2) is 42.0 Å². The van der Waals surface area contributed by atoms with Crippen molar-refractivity contribution < 1.29 is 4.92 Å². The van der Waals surface area contributed by atoms with E-state index in [9.17, 15) is 10.1 Å². The summed E-state index contributed by atoms with van der Waals surface area (Å²) in [6, 6.07) is 1.34. The van der Waals surface area contributed by atoms with E-state index in [2.05, 4.69) is 29.3 Å². The molecular formula is C14H21ClN4O2. The van der Waals surface area contributed by atoms with Crippen molar-refractivity contribution >= 4 is 23.1 Å². The number of hydrogen-bond acceptors (Lipinski definition) is 5. The molecule has 1 fully saturated rings. The molecule has 2 rings (SSSR count). The van der Waals surface area contributed by atoms with Crippen molar-refractivity contribution in [1.29, 1.82) is 0 Å². The van der Waals surface area contributed by atoms with E-state index >= 15 is 0 Å². The molecule has 7 heteroatoms. The first-order chi connectivity index (χ1) is 9.92. The number of anilines is 1. The van der Waals surface area contributed by atoms with Crippen LogP contribution >= 0.6 is 11.6 Å². The topological polar surface area (TPSA) is 71.3 Å². The van der Waals surface area contributed by atoms with Crippen LogP contribution in [0.1, 0.15) is 25.7 Å². The van der Waals surface area contributed by atoms with Gasteiger partial charge in [-0.1, -0.05) is 24.4 Å². The average Bonchev–Trinajstić information content (AvgIpc) is 2.85. The van der Waals surface area contributed by atoms with Crippen LogP contribution in [0.15, 0.2) is 12.3 Å². The van der Waals surface area contributed by atoms with Gasteiger partial charge in [0.05, 0.1) is 9.95 Å². The fraction of sp³-hybridized carbons (Fsp3) is 0.643. The van der Waals surface area contributed by atoms with Crippen LogP contribution in [0.25, 0.3) is 0 Å². The standard InChI is InChI=1S/C14H21ClN4O2/c1-18(2)10-14(5-3-4-6-14)9-17-13-12(15)7-11(8-16-13)19(20)21/h7-8H,3-6,9-10H2,1-2H3,(H,16,17). The second-order valence-corrected chi connectivity index (χ2v) is 6.49. The number of pyridine rings is 1. The minimum absolute atomic E-state index is 0.0885. The molecule has 1 heterocycles. The van der Waals surface area contributed by atoms with Gasteiger partial charge in [-0.2, -0.15) is 0 Å². The Labute approximate surface area is 129 Å². The highest BCUT2D eigenvalue weighted by Crippen LogP contribution is 2.39. The van der Waals surface area contributed by atoms with E-state index < -0.39 is 4.92 Å². The van der Waals surface area contributed by atoms with Gasteiger partial charge in [0.15, 0.2) is 0 Å². The Balaban J connectivity index is 2.06. The van der Waals surface area contributed by atoms with Gasteiger partial charge >= 0.3 is 0 Å². The fourth-order valence-corrected chi connectivity index (χ4v) is 3.34. The van der Waals surface area contributed by atoms with Crippen LogP contribution in [0.5, 0.6) is 0 Å². The molecule has 0 spiro atoms. The Morgan fingerprint density at radius 2 is 2.14 bits per heavy atom. The maximum absolute atomic E-state index is 10.7. The smallest absolute Gasteiger partial charge is 0.289 e. The Morgan fingerprint density at radius 1 is 1.48 bits per heavy atom. The Hall–Kier alpha value is -1.40. The first-order valence-electron chi connectivity index (χ1n) is 7.10. The zero-order valence-corrected chi connectivity index (χ0v) is 13.2. The predicted molar refractivity (Wildman–Crippen MR) is 83.8 cm³/mol. The zero-order chi connectivity index (χ0) is 15.5. The number of aromatic nitrogens is 1. The van der Waals surface area contributed by atoms with Gasteiger partial charge < -0.3 is 10.2 Å². The molecule has 1 aromatic rings. The van der Waals surface area contributed by atoms with E-state index in [4.69, 9.17) is 11.6 Å². The van der Waals surface area contributed by atoms with Crippen molar-refractivity contribution in [2.24, 2.45) is 5.41 Å². The Morgan fingerprint density at radius 3 is 2.67 bits per heavy atom. The Kier molecular flexibility index (Phi) is 5.00. The van der Waals surface area contributed by atoms with Crippen molar-refractivity contribution in [3.63, 3.8) is 0 Å². The highest BCUT2D eigenvalue weighted by molar-refractivity contribution is 6.33. The third kappa shape index (κ3) is 4.04. The summed E-state index contributed by atoms with van der Waals surface area (Å²) in [5.41, 5.74) is 0.144. The minimum atomic E-state index is -0.493. The Bertz CT molecular complexity index is 516. The molecule has 0 aliphatic heterocycles. The van der Waals surface area contributed by atoms with Gasteiger partial charge in [0, 0.05) is 24.6 Å². The molecule has 0 aromatic carbocycles. The molecule has 0 bridgehead atoms. The molecule has 6 nitrogen and oxygen atoms in total. The normalized spacial score (nSPS) is 17.1. The predicted octanol–water partition coefficient (Wildman–Crippen LogP) is 3.18. The quantitative estimate of drug-likeness (QED) is 0.645. The summed E-state index contributed by atoms with van der Waals surface area (Å²) < 4.78 is 0. The van der Waals surface area contributed by atoms with Gasteiger partial charge in [-0.25, -0.2) is 4.98 Å². The van der Waals surface area contributed by atoms with E-state index in [1.54, 1.807) is 0 Å². The largest absolute Gasteiger partial charge is 0.368 e. The molecule has 0 amide bonds. The van der Waals surface area contributed by atoms with Crippen molar-refractivity contribution in [3.8, 4) is 0 Å². The molecule has 21 heavy (non-hydrogen) atoms. The van der Waals surface area contributed by atoms with Crippen molar-refractivity contribution in [2.75, 3.05) is 32.5 Å². The van der Waals surface area contributed by atoms with Gasteiger partial charge in [-0.3, -0.25) is 10.1 Å². The van der Waals surface area contributed by atoms with Gasteiger partial charge in [0.2, 0.25) is 0 Å². The summed E-state index contributed by atoms with van der Waals surface area (Å²) in [5.74, 6) is 0.521. The summed E-state index contributed by atoms with van der Waals surface area (Å²) in [7, 11) is 4.16. The highest BCUT2D eigenvalue weighted by Gasteiger charge is 2.34. The molecule has 1 saturated carbocycles. The molecule has 1 aliphatic carbocycles. The minimum Gasteiger partial charge on any atom is -0.368 e. The van der Waals surface area contributed by atoms with Crippen LogP contribution < -0.4 is 5.32 Å². The summed E-state index contributed by atoms with van der Waals surface area (Å²) in [5, 5.41) is 14.3. The third-order valence-corrected chi connectivity index (χ3v) is 4.27. The lowest BCUT2D eigenvalue weighted by atomic mass is 9.85. The second kappa shape index (κ2) is 6.58. The van der Waals surface area contributed by atoms with Crippen LogP contribution in [-0.2, 0) is 0 Å². The lowest BCUT2D eigenvalue weighted by Gasteiger charge is -2.32. The number of nitrogens with one attached hydrogen (secondary N) is 1. The fourth-order valence-electron chi connectivity index (χ4n) is 3.12. The maximum atomic E-state index is 10.7. The van der Waals surface area contributed by atoms with Crippen LogP contribution in [0.2, 0.25) is 5.02 Å². The first kappa shape index (κ1) is 16.0. The molecule has 0 saturated heterocycles. The van der Waals surface area contributed by atoms with Gasteiger partial charge in [0.1, 0.15) is 12.0 Å². The van der Waals surface area contributed by atoms with E-state index in [1.807, 2.05) is 0 Å². The van der Waals surface area contributed by atoms with Crippen LogP contribution in [0.4, 0.5) is 11.5 Å².